The highest BCUT2D eigenvalue weighted by Crippen LogP contribution is 2.16. The maximum Gasteiger partial charge on any atom is 0.225 e. The number of hydrogen-bond donors (Lipinski definition) is 1. The molecule has 1 unspecified atom stereocenters. The number of hydrogen-bond acceptors (Lipinski definition) is 5. The standard InChI is InChI=1S/C19H25ClN6O/c1-15(27-17-6-4-16(20)5-7-17)14-24-18(21-2)25-10-12-26(13-11-25)19-22-8-3-9-23-19/h3-9,15H,10-14H2,1-2H3,(H,21,24). The van der Waals surface area contributed by atoms with Gasteiger partial charge in [-0.2, -0.15) is 0 Å². The van der Waals surface area contributed by atoms with Crippen LogP contribution in [-0.2, 0) is 0 Å². The first kappa shape index (κ1) is 19.2. The first-order chi connectivity index (χ1) is 13.2. The average Bonchev–Trinajstić information content (AvgIpc) is 2.71. The largest absolute Gasteiger partial charge is 0.489 e. The fraction of sp³-hybridized carbons (Fsp3) is 0.421. The van der Waals surface area contributed by atoms with Crippen LogP contribution in [0.2, 0.25) is 5.02 Å². The SMILES string of the molecule is CN=C(NCC(C)Oc1ccc(Cl)cc1)N1CCN(c2ncccn2)CC1. The normalized spacial score (nSPS) is 16.2. The van der Waals surface area contributed by atoms with Gasteiger partial charge in [-0.05, 0) is 37.3 Å². The molecule has 0 aliphatic carbocycles. The van der Waals surface area contributed by atoms with Crippen LogP contribution in [0, 0.1) is 0 Å². The molecule has 7 nitrogen and oxygen atoms in total. The first-order valence-electron chi connectivity index (χ1n) is 9.05. The van der Waals surface area contributed by atoms with Crippen molar-refractivity contribution in [2.24, 2.45) is 4.99 Å². The van der Waals surface area contributed by atoms with Crippen molar-refractivity contribution in [2.75, 3.05) is 44.7 Å². The van der Waals surface area contributed by atoms with Crippen molar-refractivity contribution in [3.63, 3.8) is 0 Å². The zero-order valence-corrected chi connectivity index (χ0v) is 16.4. The molecule has 0 spiro atoms. The van der Waals surface area contributed by atoms with E-state index in [1.165, 1.54) is 0 Å². The molecule has 0 radical (unpaired) electrons. The Balaban J connectivity index is 1.46. The van der Waals surface area contributed by atoms with Crippen molar-refractivity contribution in [2.45, 2.75) is 13.0 Å². The van der Waals surface area contributed by atoms with Crippen LogP contribution in [-0.4, -0.2) is 66.7 Å². The molecule has 1 aliphatic rings. The number of anilines is 1. The van der Waals surface area contributed by atoms with Crippen molar-refractivity contribution >= 4 is 23.5 Å². The molecule has 1 aromatic heterocycles. The molecular weight excluding hydrogens is 364 g/mol. The van der Waals surface area contributed by atoms with Crippen LogP contribution in [0.25, 0.3) is 0 Å². The van der Waals surface area contributed by atoms with Gasteiger partial charge < -0.3 is 19.9 Å². The number of aromatic nitrogens is 2. The molecule has 0 saturated carbocycles. The summed E-state index contributed by atoms with van der Waals surface area (Å²) in [5.74, 6) is 2.47. The number of guanidine groups is 1. The Labute approximate surface area is 165 Å². The van der Waals surface area contributed by atoms with Gasteiger partial charge >= 0.3 is 0 Å². The fourth-order valence-corrected chi connectivity index (χ4v) is 3.05. The van der Waals surface area contributed by atoms with Gasteiger partial charge in [0.1, 0.15) is 11.9 Å². The van der Waals surface area contributed by atoms with Crippen LogP contribution in [0.1, 0.15) is 6.92 Å². The molecule has 0 bridgehead atoms. The van der Waals surface area contributed by atoms with Gasteiger partial charge in [0, 0.05) is 50.6 Å². The lowest BCUT2D eigenvalue weighted by molar-refractivity contribution is 0.221. The van der Waals surface area contributed by atoms with Crippen molar-refractivity contribution in [1.29, 1.82) is 0 Å². The van der Waals surface area contributed by atoms with E-state index in [4.69, 9.17) is 16.3 Å². The number of piperazine rings is 1. The number of nitrogens with one attached hydrogen (secondary N) is 1. The number of halogens is 1. The molecule has 2 aromatic rings. The molecular formula is C19H25ClN6O. The maximum atomic E-state index is 5.91. The molecule has 2 heterocycles. The summed E-state index contributed by atoms with van der Waals surface area (Å²) in [6, 6.07) is 9.23. The Morgan fingerprint density at radius 1 is 1.19 bits per heavy atom. The average molecular weight is 389 g/mol. The highest BCUT2D eigenvalue weighted by atomic mass is 35.5. The lowest BCUT2D eigenvalue weighted by Gasteiger charge is -2.36. The Morgan fingerprint density at radius 3 is 2.48 bits per heavy atom. The second kappa shape index (κ2) is 9.41. The number of nitrogens with zero attached hydrogens (tertiary/aromatic N) is 5. The summed E-state index contributed by atoms with van der Waals surface area (Å²) in [4.78, 5) is 17.5. The zero-order valence-electron chi connectivity index (χ0n) is 15.7. The van der Waals surface area contributed by atoms with Gasteiger partial charge in [-0.1, -0.05) is 11.6 Å². The Morgan fingerprint density at radius 2 is 1.85 bits per heavy atom. The van der Waals surface area contributed by atoms with Crippen LogP contribution >= 0.6 is 11.6 Å². The van der Waals surface area contributed by atoms with Crippen molar-refractivity contribution in [1.82, 2.24) is 20.2 Å². The summed E-state index contributed by atoms with van der Waals surface area (Å²) in [5, 5.41) is 4.10. The summed E-state index contributed by atoms with van der Waals surface area (Å²) in [7, 11) is 1.81. The van der Waals surface area contributed by atoms with Crippen molar-refractivity contribution in [3.05, 3.63) is 47.7 Å². The third-order valence-electron chi connectivity index (χ3n) is 4.32. The lowest BCUT2D eigenvalue weighted by Crippen LogP contribution is -2.53. The monoisotopic (exact) mass is 388 g/mol. The molecule has 27 heavy (non-hydrogen) atoms. The predicted octanol–water partition coefficient (Wildman–Crippen LogP) is 2.29. The van der Waals surface area contributed by atoms with Gasteiger partial charge in [-0.3, -0.25) is 4.99 Å². The van der Waals surface area contributed by atoms with Gasteiger partial charge in [-0.25, -0.2) is 9.97 Å². The molecule has 1 aromatic carbocycles. The summed E-state index contributed by atoms with van der Waals surface area (Å²) in [6.07, 6.45) is 3.55. The van der Waals surface area contributed by atoms with E-state index in [0.29, 0.717) is 11.6 Å². The summed E-state index contributed by atoms with van der Waals surface area (Å²) in [6.45, 7) is 6.15. The second-order valence-electron chi connectivity index (χ2n) is 6.33. The zero-order chi connectivity index (χ0) is 19.1. The molecule has 3 rings (SSSR count). The smallest absolute Gasteiger partial charge is 0.225 e. The van der Waals surface area contributed by atoms with E-state index in [9.17, 15) is 0 Å². The molecule has 1 saturated heterocycles. The van der Waals surface area contributed by atoms with Gasteiger partial charge in [0.05, 0.1) is 6.54 Å². The molecule has 1 atom stereocenters. The van der Waals surface area contributed by atoms with E-state index < -0.39 is 0 Å². The Kier molecular flexibility index (Phi) is 6.70. The minimum atomic E-state index is 0.00179. The van der Waals surface area contributed by atoms with E-state index in [0.717, 1.165) is 43.8 Å². The topological polar surface area (TPSA) is 65.9 Å². The highest BCUT2D eigenvalue weighted by Gasteiger charge is 2.21. The first-order valence-corrected chi connectivity index (χ1v) is 9.43. The highest BCUT2D eigenvalue weighted by molar-refractivity contribution is 6.30. The summed E-state index contributed by atoms with van der Waals surface area (Å²) >= 11 is 5.90. The molecule has 144 valence electrons. The van der Waals surface area contributed by atoms with Crippen molar-refractivity contribution in [3.8, 4) is 5.75 Å². The number of rotatable bonds is 5. The Bertz CT molecular complexity index is 732. The number of benzene rings is 1. The van der Waals surface area contributed by atoms with Crippen LogP contribution in [0.4, 0.5) is 5.95 Å². The molecule has 1 fully saturated rings. The van der Waals surface area contributed by atoms with E-state index >= 15 is 0 Å². The van der Waals surface area contributed by atoms with E-state index in [1.807, 2.05) is 37.3 Å². The predicted molar refractivity (Wildman–Crippen MR) is 109 cm³/mol. The third-order valence-corrected chi connectivity index (χ3v) is 4.58. The minimum Gasteiger partial charge on any atom is -0.489 e. The number of aliphatic imine (C=N–C) groups is 1. The van der Waals surface area contributed by atoms with Crippen molar-refractivity contribution < 1.29 is 4.74 Å². The molecule has 1 N–H and O–H groups in total. The Hall–Kier alpha value is -2.54. The van der Waals surface area contributed by atoms with Gasteiger partial charge in [0.25, 0.3) is 0 Å². The fourth-order valence-electron chi connectivity index (χ4n) is 2.93. The van der Waals surface area contributed by atoms with Gasteiger partial charge in [0.15, 0.2) is 5.96 Å². The van der Waals surface area contributed by atoms with Crippen LogP contribution in [0.5, 0.6) is 5.75 Å². The van der Waals surface area contributed by atoms with Crippen LogP contribution < -0.4 is 15.0 Å². The minimum absolute atomic E-state index is 0.00179. The molecule has 1 aliphatic heterocycles. The quantitative estimate of drug-likeness (QED) is 0.626. The van der Waals surface area contributed by atoms with E-state index in [2.05, 4.69) is 30.1 Å². The van der Waals surface area contributed by atoms with E-state index in [1.54, 1.807) is 19.4 Å². The maximum absolute atomic E-state index is 5.91. The number of ether oxygens (including phenoxy) is 1. The van der Waals surface area contributed by atoms with Crippen LogP contribution in [0.3, 0.4) is 0 Å². The third kappa shape index (κ3) is 5.47. The molecule has 8 heteroatoms. The second-order valence-corrected chi connectivity index (χ2v) is 6.77. The lowest BCUT2D eigenvalue weighted by atomic mass is 10.3. The van der Waals surface area contributed by atoms with Gasteiger partial charge in [0.2, 0.25) is 5.95 Å². The summed E-state index contributed by atoms with van der Waals surface area (Å²) in [5.41, 5.74) is 0. The van der Waals surface area contributed by atoms with Gasteiger partial charge in [-0.15, -0.1) is 0 Å². The summed E-state index contributed by atoms with van der Waals surface area (Å²) < 4.78 is 5.91. The molecule has 0 amide bonds. The van der Waals surface area contributed by atoms with E-state index in [-0.39, 0.29) is 6.10 Å². The van der Waals surface area contributed by atoms with Crippen LogP contribution in [0.15, 0.2) is 47.7 Å².